The molecule has 1 aliphatic heterocycles. The second-order valence-electron chi connectivity index (χ2n) is 7.36. The first-order valence-corrected chi connectivity index (χ1v) is 10.6. The van der Waals surface area contributed by atoms with Crippen molar-refractivity contribution in [3.63, 3.8) is 0 Å². The average molecular weight is 480 g/mol. The van der Waals surface area contributed by atoms with Crippen LogP contribution >= 0.6 is 0 Å². The molecule has 0 aliphatic carbocycles. The van der Waals surface area contributed by atoms with Gasteiger partial charge in [0.05, 0.1) is 31.1 Å². The molecular weight excluding hydrogens is 456 g/mol. The number of nitrogens with one attached hydrogen (secondary N) is 2. The number of amides is 2. The summed E-state index contributed by atoms with van der Waals surface area (Å²) >= 11 is 0. The minimum absolute atomic E-state index is 0.00596. The summed E-state index contributed by atoms with van der Waals surface area (Å²) < 4.78 is 10.2. The number of aromatic nitrogens is 3. The number of hydrogen-bond donors (Lipinski definition) is 2. The second kappa shape index (κ2) is 12.2. The summed E-state index contributed by atoms with van der Waals surface area (Å²) in [6, 6.07) is 2.96. The quantitative estimate of drug-likeness (QED) is 0.297. The molecule has 0 atom stereocenters. The maximum atomic E-state index is 12.8. The molecular formula is C22H24N8O5. The number of carbonyl (C=O) groups is 2. The van der Waals surface area contributed by atoms with Crippen LogP contribution in [0.25, 0.3) is 0 Å². The highest BCUT2D eigenvalue weighted by atomic mass is 16.5. The van der Waals surface area contributed by atoms with Gasteiger partial charge < -0.3 is 19.7 Å². The Kier molecular flexibility index (Phi) is 8.80. The zero-order valence-corrected chi connectivity index (χ0v) is 19.3. The first-order chi connectivity index (χ1) is 17.0. The van der Waals surface area contributed by atoms with E-state index in [1.165, 1.54) is 25.5 Å². The molecule has 3 heterocycles. The van der Waals surface area contributed by atoms with Crippen LogP contribution in [0.3, 0.4) is 0 Å². The highest BCUT2D eigenvalue weighted by Crippen LogP contribution is 2.19. The molecule has 1 fully saturated rings. The van der Waals surface area contributed by atoms with Gasteiger partial charge in [-0.25, -0.2) is 24.5 Å². The fourth-order valence-electron chi connectivity index (χ4n) is 3.17. The molecule has 0 aromatic carbocycles. The molecule has 0 spiro atoms. The maximum absolute atomic E-state index is 12.8. The fourth-order valence-corrected chi connectivity index (χ4v) is 3.17. The van der Waals surface area contributed by atoms with Crippen LogP contribution in [0.4, 0.5) is 22.2 Å². The van der Waals surface area contributed by atoms with E-state index in [0.717, 1.165) is 4.90 Å². The Labute approximate surface area is 201 Å². The van der Waals surface area contributed by atoms with Gasteiger partial charge in [-0.15, -0.1) is 0 Å². The van der Waals surface area contributed by atoms with Crippen LogP contribution in [0.15, 0.2) is 24.2 Å². The second-order valence-corrected chi connectivity index (χ2v) is 7.36. The van der Waals surface area contributed by atoms with E-state index in [1.807, 2.05) is 12.0 Å². The van der Waals surface area contributed by atoms with Crippen molar-refractivity contribution in [2.45, 2.75) is 6.54 Å². The van der Waals surface area contributed by atoms with Crippen LogP contribution in [0.1, 0.15) is 21.6 Å². The minimum atomic E-state index is -0.603. The maximum Gasteiger partial charge on any atom is 0.329 e. The van der Waals surface area contributed by atoms with Crippen molar-refractivity contribution in [3.8, 4) is 6.07 Å². The summed E-state index contributed by atoms with van der Waals surface area (Å²) in [5.41, 5.74) is 1.74. The first kappa shape index (κ1) is 25.3. The molecule has 2 aromatic rings. The molecule has 3 rings (SSSR count). The number of anilines is 3. The number of hydrogen-bond acceptors (Lipinski definition) is 11. The standard InChI is InChI=1S/C22H24N8O5/c1-29(22(33)28-20-7-18(24-3-5-34-2)15(8-23)9-25-20)21-26-10-16(19(13-32)27-21)11-30-4-6-35-14-17(30)12-31/h7,9-10,13H,3-6,11,14H2,1-2H3,(H2,24,25,28,33). The fraction of sp³-hybridized carbons (Fsp3) is 0.364. The van der Waals surface area contributed by atoms with E-state index < -0.39 is 6.03 Å². The Balaban J connectivity index is 1.73. The summed E-state index contributed by atoms with van der Waals surface area (Å²) in [4.78, 5) is 50.9. The lowest BCUT2D eigenvalue weighted by molar-refractivity contribution is 0.0717. The van der Waals surface area contributed by atoms with E-state index >= 15 is 0 Å². The number of nitriles is 1. The number of aldehydes is 1. The van der Waals surface area contributed by atoms with Gasteiger partial charge in [0.2, 0.25) is 5.95 Å². The minimum Gasteiger partial charge on any atom is -0.383 e. The van der Waals surface area contributed by atoms with Crippen molar-refractivity contribution < 1.29 is 23.9 Å². The van der Waals surface area contributed by atoms with Gasteiger partial charge in [0, 0.05) is 57.8 Å². The molecule has 0 saturated carbocycles. The van der Waals surface area contributed by atoms with E-state index in [0.29, 0.717) is 55.1 Å². The molecule has 2 N–H and O–H groups in total. The third-order valence-corrected chi connectivity index (χ3v) is 5.09. The number of carbonyl (C=O) groups excluding carboxylic acids is 3. The van der Waals surface area contributed by atoms with Crippen molar-refractivity contribution in [1.82, 2.24) is 19.9 Å². The van der Waals surface area contributed by atoms with E-state index in [-0.39, 0.29) is 30.6 Å². The Morgan fingerprint density at radius 1 is 1.40 bits per heavy atom. The lowest BCUT2D eigenvalue weighted by Crippen LogP contribution is -2.35. The van der Waals surface area contributed by atoms with Gasteiger partial charge in [0.25, 0.3) is 0 Å². The van der Waals surface area contributed by atoms with Gasteiger partial charge in [0.1, 0.15) is 29.2 Å². The number of morpholine rings is 1. The summed E-state index contributed by atoms with van der Waals surface area (Å²) in [7, 11) is 3.00. The molecule has 13 nitrogen and oxygen atoms in total. The van der Waals surface area contributed by atoms with Crippen molar-refractivity contribution >= 4 is 35.7 Å². The third-order valence-electron chi connectivity index (χ3n) is 5.09. The molecule has 0 bridgehead atoms. The normalized spacial score (nSPS) is 12.9. The van der Waals surface area contributed by atoms with Crippen LogP contribution in [-0.2, 0) is 20.8 Å². The number of ether oxygens (including phenoxy) is 2. The highest BCUT2D eigenvalue weighted by molar-refractivity contribution is 6.00. The van der Waals surface area contributed by atoms with E-state index in [2.05, 4.69) is 25.6 Å². The number of methoxy groups -OCH3 is 1. The molecule has 2 aromatic heterocycles. The first-order valence-electron chi connectivity index (χ1n) is 10.6. The molecule has 2 amide bonds. The zero-order chi connectivity index (χ0) is 25.2. The van der Waals surface area contributed by atoms with Gasteiger partial charge in [-0.2, -0.15) is 5.26 Å². The average Bonchev–Trinajstić information content (AvgIpc) is 2.89. The smallest absolute Gasteiger partial charge is 0.329 e. The van der Waals surface area contributed by atoms with Crippen LogP contribution in [0.5, 0.6) is 0 Å². The molecule has 182 valence electrons. The van der Waals surface area contributed by atoms with Crippen molar-refractivity contribution in [1.29, 1.82) is 5.26 Å². The molecule has 1 saturated heterocycles. The number of rotatable bonds is 9. The molecule has 35 heavy (non-hydrogen) atoms. The molecule has 1 aliphatic rings. The van der Waals surface area contributed by atoms with E-state index in [9.17, 15) is 19.6 Å². The van der Waals surface area contributed by atoms with Crippen molar-refractivity contribution in [2.75, 3.05) is 62.6 Å². The van der Waals surface area contributed by atoms with Gasteiger partial charge >= 0.3 is 6.03 Å². The zero-order valence-electron chi connectivity index (χ0n) is 19.3. The van der Waals surface area contributed by atoms with Gasteiger partial charge in [-0.1, -0.05) is 0 Å². The topological polar surface area (TPSA) is 163 Å². The Hall–Kier alpha value is -4.37. The van der Waals surface area contributed by atoms with Crippen molar-refractivity contribution in [3.05, 3.63) is 41.0 Å². The number of urea groups is 1. The van der Waals surface area contributed by atoms with Gasteiger partial charge in [0.15, 0.2) is 6.29 Å². The molecule has 0 unspecified atom stereocenters. The molecule has 0 radical (unpaired) electrons. The van der Waals surface area contributed by atoms with Crippen LogP contribution in [0, 0.1) is 11.3 Å². The summed E-state index contributed by atoms with van der Waals surface area (Å²) in [5.74, 6) is 2.04. The largest absolute Gasteiger partial charge is 0.383 e. The van der Waals surface area contributed by atoms with Gasteiger partial charge in [-0.05, 0) is 0 Å². The lowest BCUT2D eigenvalue weighted by atomic mass is 10.2. The van der Waals surface area contributed by atoms with Crippen LogP contribution in [0.2, 0.25) is 0 Å². The Bertz CT molecular complexity index is 1170. The predicted octanol–water partition coefficient (Wildman–Crippen LogP) is 0.830. The van der Waals surface area contributed by atoms with Crippen LogP contribution in [-0.4, -0.2) is 85.2 Å². The highest BCUT2D eigenvalue weighted by Gasteiger charge is 2.21. The lowest BCUT2D eigenvalue weighted by Gasteiger charge is -2.29. The Morgan fingerprint density at radius 2 is 2.23 bits per heavy atom. The Morgan fingerprint density at radius 3 is 2.94 bits per heavy atom. The van der Waals surface area contributed by atoms with Gasteiger partial charge in [-0.3, -0.25) is 15.0 Å². The molecule has 13 heteroatoms. The summed E-state index contributed by atoms with van der Waals surface area (Å²) in [5, 5.41) is 14.9. The third kappa shape index (κ3) is 6.36. The van der Waals surface area contributed by atoms with Crippen molar-refractivity contribution in [2.24, 2.45) is 0 Å². The summed E-state index contributed by atoms with van der Waals surface area (Å²) in [6.07, 6.45) is 3.34. The number of nitrogens with zero attached hydrogens (tertiary/aromatic N) is 6. The summed E-state index contributed by atoms with van der Waals surface area (Å²) in [6.45, 7) is 2.18. The SMILES string of the molecule is COCCNc1cc(NC(=O)N(C)c2ncc(CN3CCOCC3=C=O)c(C=O)n2)ncc1C#N. The monoisotopic (exact) mass is 480 g/mol. The van der Waals surface area contributed by atoms with E-state index in [4.69, 9.17) is 9.47 Å². The predicted molar refractivity (Wildman–Crippen MR) is 125 cm³/mol. The van der Waals surface area contributed by atoms with E-state index in [1.54, 1.807) is 12.0 Å². The number of pyridine rings is 1. The van der Waals surface area contributed by atoms with Crippen LogP contribution < -0.4 is 15.5 Å².